The Morgan fingerprint density at radius 1 is 1.18 bits per heavy atom. The summed E-state index contributed by atoms with van der Waals surface area (Å²) < 4.78 is 0. The van der Waals surface area contributed by atoms with Crippen molar-refractivity contribution in [3.63, 3.8) is 0 Å². The zero-order valence-corrected chi connectivity index (χ0v) is 5.94. The molecule has 56 valence electrons. The Kier molecular flexibility index (Phi) is 1.35. The molecule has 0 aromatic heterocycles. The minimum atomic E-state index is 0.180. The zero-order chi connectivity index (χ0) is 7.68. The number of benzene rings is 1. The van der Waals surface area contributed by atoms with Crippen LogP contribution in [0.15, 0.2) is 34.5 Å². The van der Waals surface area contributed by atoms with E-state index < -0.39 is 0 Å². The van der Waals surface area contributed by atoms with Crippen molar-refractivity contribution in [2.75, 3.05) is 0 Å². The fourth-order valence-electron chi connectivity index (χ4n) is 0.972. The molecule has 1 aromatic carbocycles. The second kappa shape index (κ2) is 2.34. The number of phenolic OH excluding ortho intramolecular Hbond substituents is 1. The summed E-state index contributed by atoms with van der Waals surface area (Å²) in [6.45, 7) is 0. The third kappa shape index (κ3) is 1.55. The second-order valence-electron chi connectivity index (χ2n) is 2.58. The summed E-state index contributed by atoms with van der Waals surface area (Å²) in [5.74, 6) is 0.304. The van der Waals surface area contributed by atoms with Crippen LogP contribution in [-0.4, -0.2) is 11.3 Å². The highest BCUT2D eigenvalue weighted by atomic mass is 16.3. The maximum absolute atomic E-state index is 8.96. The van der Waals surface area contributed by atoms with Gasteiger partial charge in [-0.05, 0) is 17.7 Å². The number of phenols is 1. The molecule has 1 aromatic rings. The summed E-state index contributed by atoms with van der Waals surface area (Å²) >= 11 is 0. The largest absolute Gasteiger partial charge is 0.508 e. The summed E-state index contributed by atoms with van der Waals surface area (Å²) in [6.07, 6.45) is 1.04. The molecule has 0 saturated heterocycles. The number of aromatic hydroxyl groups is 1. The van der Waals surface area contributed by atoms with Gasteiger partial charge in [-0.15, -0.1) is 0 Å². The third-order valence-electron chi connectivity index (χ3n) is 1.63. The van der Waals surface area contributed by atoms with Crippen molar-refractivity contribution in [1.82, 2.24) is 0 Å². The Hall–Kier alpha value is -1.38. The summed E-state index contributed by atoms with van der Waals surface area (Å²) in [6, 6.07) is 7.13. The molecule has 0 fully saturated rings. The van der Waals surface area contributed by atoms with Gasteiger partial charge in [-0.25, -0.2) is 0 Å². The lowest BCUT2D eigenvalue weighted by atomic mass is 10.1. The molecule has 0 atom stereocenters. The van der Waals surface area contributed by atoms with E-state index in [9.17, 15) is 0 Å². The molecular formula is C8H8N2O. The Balaban J connectivity index is 2.06. The van der Waals surface area contributed by atoms with E-state index >= 15 is 0 Å². The van der Waals surface area contributed by atoms with Gasteiger partial charge in [0.1, 0.15) is 5.75 Å². The van der Waals surface area contributed by atoms with Gasteiger partial charge in [-0.1, -0.05) is 12.1 Å². The van der Waals surface area contributed by atoms with Crippen molar-refractivity contribution in [2.45, 2.75) is 12.6 Å². The van der Waals surface area contributed by atoms with Crippen LogP contribution >= 0.6 is 0 Å². The Labute approximate surface area is 64.4 Å². The van der Waals surface area contributed by atoms with Gasteiger partial charge in [0.05, 0.1) is 0 Å². The highest BCUT2D eigenvalue weighted by Crippen LogP contribution is 2.18. The second-order valence-corrected chi connectivity index (χ2v) is 2.58. The molecule has 0 spiro atoms. The van der Waals surface area contributed by atoms with Crippen molar-refractivity contribution in [1.29, 1.82) is 0 Å². The van der Waals surface area contributed by atoms with E-state index in [-0.39, 0.29) is 6.17 Å². The van der Waals surface area contributed by atoms with Gasteiger partial charge < -0.3 is 5.11 Å². The van der Waals surface area contributed by atoms with E-state index in [1.165, 1.54) is 0 Å². The van der Waals surface area contributed by atoms with Crippen LogP contribution in [0.1, 0.15) is 5.56 Å². The van der Waals surface area contributed by atoms with Gasteiger partial charge in [0.25, 0.3) is 0 Å². The van der Waals surface area contributed by atoms with E-state index in [1.807, 2.05) is 12.1 Å². The van der Waals surface area contributed by atoms with Crippen LogP contribution in [0.25, 0.3) is 0 Å². The molecule has 0 unspecified atom stereocenters. The number of hydrogen-bond donors (Lipinski definition) is 1. The van der Waals surface area contributed by atoms with Crippen LogP contribution in [0.3, 0.4) is 0 Å². The van der Waals surface area contributed by atoms with Crippen LogP contribution in [0.2, 0.25) is 0 Å². The monoisotopic (exact) mass is 150 g/mol. The molecule has 11 heavy (non-hydrogen) atoms. The molecule has 0 aliphatic carbocycles. The van der Waals surface area contributed by atoms with E-state index in [0.717, 1.165) is 12.0 Å². The van der Waals surface area contributed by atoms with Gasteiger partial charge in [0, 0.05) is 6.42 Å². The quantitative estimate of drug-likeness (QED) is 0.641. The topological polar surface area (TPSA) is 45.0 Å². The van der Waals surface area contributed by atoms with Gasteiger partial charge in [0.2, 0.25) is 0 Å². The molecule has 0 bridgehead atoms. The first kappa shape index (κ1) is 6.34. The Bertz CT molecular complexity index is 273. The normalized spacial score (nSPS) is 15.3. The lowest BCUT2D eigenvalue weighted by Crippen LogP contribution is -1.91. The summed E-state index contributed by atoms with van der Waals surface area (Å²) in [5, 5.41) is 16.5. The average Bonchev–Trinajstić information content (AvgIpc) is 2.78. The first-order valence-corrected chi connectivity index (χ1v) is 3.52. The number of nitrogens with zero attached hydrogens (tertiary/aromatic N) is 2. The van der Waals surface area contributed by atoms with Crippen molar-refractivity contribution in [3.05, 3.63) is 29.8 Å². The molecule has 3 nitrogen and oxygen atoms in total. The molecule has 1 aliphatic rings. The fraction of sp³-hybridized carbons (Fsp3) is 0.250. The number of hydrogen-bond acceptors (Lipinski definition) is 3. The molecule has 0 amide bonds. The van der Waals surface area contributed by atoms with E-state index in [4.69, 9.17) is 5.11 Å². The van der Waals surface area contributed by atoms with Crippen molar-refractivity contribution in [2.24, 2.45) is 10.2 Å². The van der Waals surface area contributed by atoms with E-state index in [0.29, 0.717) is 5.75 Å². The summed E-state index contributed by atoms with van der Waals surface area (Å²) in [4.78, 5) is 0. The first-order chi connectivity index (χ1) is 5.34. The summed E-state index contributed by atoms with van der Waals surface area (Å²) in [5.41, 5.74) is 1.16. The van der Waals surface area contributed by atoms with Crippen LogP contribution in [0.5, 0.6) is 5.75 Å². The Morgan fingerprint density at radius 3 is 2.36 bits per heavy atom. The smallest absolute Gasteiger partial charge is 0.185 e. The highest BCUT2D eigenvalue weighted by molar-refractivity contribution is 5.26. The molecule has 0 saturated carbocycles. The van der Waals surface area contributed by atoms with Crippen molar-refractivity contribution < 1.29 is 5.11 Å². The number of rotatable bonds is 2. The lowest BCUT2D eigenvalue weighted by molar-refractivity contribution is 0.475. The summed E-state index contributed by atoms with van der Waals surface area (Å²) in [7, 11) is 0. The average molecular weight is 150 g/mol. The SMILES string of the molecule is Oc1ccc(CC2[15N]=[15N]2)cc1. The maximum Gasteiger partial charge on any atom is 0.185 e. The maximum atomic E-state index is 8.96. The molecule has 1 heterocycles. The van der Waals surface area contributed by atoms with Crippen LogP contribution in [0.4, 0.5) is 0 Å². The van der Waals surface area contributed by atoms with Crippen LogP contribution in [-0.2, 0) is 6.42 Å². The Morgan fingerprint density at radius 2 is 1.82 bits per heavy atom. The van der Waals surface area contributed by atoms with E-state index in [2.05, 4.69) is 10.2 Å². The third-order valence-corrected chi connectivity index (χ3v) is 1.63. The van der Waals surface area contributed by atoms with Crippen LogP contribution < -0.4 is 0 Å². The molecule has 1 N–H and O–H groups in total. The van der Waals surface area contributed by atoms with Gasteiger partial charge in [-0.3, -0.25) is 0 Å². The van der Waals surface area contributed by atoms with E-state index in [1.54, 1.807) is 12.1 Å². The van der Waals surface area contributed by atoms with Gasteiger partial charge in [-0.2, -0.15) is 10.2 Å². The fourth-order valence-corrected chi connectivity index (χ4v) is 0.972. The molecule has 2 rings (SSSR count). The van der Waals surface area contributed by atoms with Crippen molar-refractivity contribution >= 4 is 0 Å². The standard InChI is InChI=1S/C8H8N2O/c11-7-3-1-6(2-4-7)5-8-9-10-8/h1-4,8,11H,5H2/i9+1,10+1. The molecule has 0 radical (unpaired) electrons. The van der Waals surface area contributed by atoms with Gasteiger partial charge in [0.15, 0.2) is 6.17 Å². The minimum absolute atomic E-state index is 0.180. The first-order valence-electron chi connectivity index (χ1n) is 3.52. The predicted molar refractivity (Wildman–Crippen MR) is 40.5 cm³/mol. The highest BCUT2D eigenvalue weighted by Gasteiger charge is 2.15. The van der Waals surface area contributed by atoms with Crippen molar-refractivity contribution in [3.8, 4) is 5.75 Å². The predicted octanol–water partition coefficient (Wildman–Crippen LogP) is 1.73. The van der Waals surface area contributed by atoms with Crippen LogP contribution in [0, 0.1) is 0 Å². The zero-order valence-electron chi connectivity index (χ0n) is 5.94. The minimum Gasteiger partial charge on any atom is -0.508 e. The molecule has 1 aliphatic heterocycles. The van der Waals surface area contributed by atoms with Gasteiger partial charge >= 0.3 is 0 Å². The molecular weight excluding hydrogens is 142 g/mol. The molecule has 3 heteroatoms. The lowest BCUT2D eigenvalue weighted by Gasteiger charge is -1.95.